The van der Waals surface area contributed by atoms with E-state index >= 15 is 0 Å². The number of halogens is 5. The third-order valence-electron chi connectivity index (χ3n) is 4.08. The first-order valence-corrected chi connectivity index (χ1v) is 10.7. The minimum atomic E-state index is 0. The average molecular weight is 535 g/mol. The molecule has 0 heterocycles. The molecule has 2 aromatic carbocycles. The zero-order valence-electron chi connectivity index (χ0n) is 17.3. The van der Waals surface area contributed by atoms with Gasteiger partial charge in [-0.15, -0.1) is 24.8 Å². The average Bonchev–Trinajstić information content (AvgIpc) is 2.68. The van der Waals surface area contributed by atoms with Crippen molar-refractivity contribution >= 4 is 59.6 Å². The maximum absolute atomic E-state index is 8.74. The topological polar surface area (TPSA) is 62.8 Å². The molecule has 0 spiro atoms. The largest absolute Gasteiger partial charge is 0.490 e. The molecule has 0 aliphatic carbocycles. The zero-order chi connectivity index (χ0) is 21.1. The molecule has 0 bridgehead atoms. The van der Waals surface area contributed by atoms with Crippen molar-refractivity contribution in [2.45, 2.75) is 26.5 Å². The molecule has 0 saturated carbocycles. The number of rotatable bonds is 13. The molecule has 0 saturated heterocycles. The van der Waals surface area contributed by atoms with Crippen LogP contribution in [0.1, 0.15) is 24.5 Å². The molecule has 0 aliphatic rings. The molecule has 0 aromatic heterocycles. The van der Waals surface area contributed by atoms with E-state index in [0.29, 0.717) is 46.3 Å². The van der Waals surface area contributed by atoms with Crippen molar-refractivity contribution < 1.29 is 14.6 Å². The summed E-state index contributed by atoms with van der Waals surface area (Å²) in [5.74, 6) is 1.10. The highest BCUT2D eigenvalue weighted by Gasteiger charge is 2.14. The summed E-state index contributed by atoms with van der Waals surface area (Å²) in [6.45, 7) is 5.84. The molecular formula is C21H29Cl5N2O3. The highest BCUT2D eigenvalue weighted by molar-refractivity contribution is 6.35. The highest BCUT2D eigenvalue weighted by Crippen LogP contribution is 2.37. The standard InChI is InChI=1S/C21H27Cl3N2O3.2ClH/c1-2-28-20-11-15(13-26-7-3-6-25-8-9-27)10-19(24)21(20)29-14-16-4-5-17(22)12-18(16)23;;/h4-5,10-12,25-27H,2-3,6-9,13-14H2,1H3;2*1H. The van der Waals surface area contributed by atoms with Crippen molar-refractivity contribution in [3.05, 3.63) is 56.5 Å². The van der Waals surface area contributed by atoms with E-state index in [4.69, 9.17) is 49.4 Å². The monoisotopic (exact) mass is 532 g/mol. The van der Waals surface area contributed by atoms with Crippen molar-refractivity contribution in [2.75, 3.05) is 32.8 Å². The number of ether oxygens (including phenoxy) is 2. The van der Waals surface area contributed by atoms with E-state index in [1.54, 1.807) is 12.1 Å². The van der Waals surface area contributed by atoms with Gasteiger partial charge >= 0.3 is 0 Å². The van der Waals surface area contributed by atoms with Gasteiger partial charge in [-0.3, -0.25) is 0 Å². The normalized spacial score (nSPS) is 10.2. The first-order chi connectivity index (χ1) is 14.0. The summed E-state index contributed by atoms with van der Waals surface area (Å²) in [7, 11) is 0. The van der Waals surface area contributed by atoms with Crippen LogP contribution in [0.15, 0.2) is 30.3 Å². The van der Waals surface area contributed by atoms with Gasteiger partial charge in [0.25, 0.3) is 0 Å². The van der Waals surface area contributed by atoms with Gasteiger partial charge in [-0.1, -0.05) is 40.9 Å². The van der Waals surface area contributed by atoms with Gasteiger partial charge in [0.2, 0.25) is 0 Å². The minimum absolute atomic E-state index is 0. The van der Waals surface area contributed by atoms with E-state index in [2.05, 4.69) is 10.6 Å². The molecule has 2 rings (SSSR count). The van der Waals surface area contributed by atoms with Gasteiger partial charge in [0, 0.05) is 28.7 Å². The Morgan fingerprint density at radius 2 is 1.65 bits per heavy atom. The Balaban J connectivity index is 0.00000450. The van der Waals surface area contributed by atoms with Crippen LogP contribution < -0.4 is 20.1 Å². The summed E-state index contributed by atoms with van der Waals surface area (Å²) in [6, 6.07) is 9.09. The van der Waals surface area contributed by atoms with Crippen molar-refractivity contribution in [3.8, 4) is 11.5 Å². The fraction of sp³-hybridized carbons (Fsp3) is 0.429. The molecule has 3 N–H and O–H groups in total. The molecule has 0 aliphatic heterocycles. The summed E-state index contributed by atoms with van der Waals surface area (Å²) in [6.07, 6.45) is 0.967. The number of hydrogen-bond acceptors (Lipinski definition) is 5. The number of hydrogen-bond donors (Lipinski definition) is 3. The van der Waals surface area contributed by atoms with E-state index < -0.39 is 0 Å². The molecule has 0 amide bonds. The molecule has 31 heavy (non-hydrogen) atoms. The Morgan fingerprint density at radius 1 is 0.903 bits per heavy atom. The molecule has 10 heteroatoms. The number of aliphatic hydroxyl groups is 1. The number of nitrogens with one attached hydrogen (secondary N) is 2. The van der Waals surface area contributed by atoms with Crippen LogP contribution in [0.2, 0.25) is 15.1 Å². The fourth-order valence-corrected chi connectivity index (χ4v) is 3.44. The van der Waals surface area contributed by atoms with Crippen LogP contribution >= 0.6 is 59.6 Å². The van der Waals surface area contributed by atoms with Gasteiger partial charge < -0.3 is 25.2 Å². The smallest absolute Gasteiger partial charge is 0.180 e. The zero-order valence-corrected chi connectivity index (χ0v) is 21.2. The molecule has 0 fully saturated rings. The van der Waals surface area contributed by atoms with Gasteiger partial charge in [0.1, 0.15) is 6.61 Å². The maximum atomic E-state index is 8.74. The molecule has 0 radical (unpaired) electrons. The summed E-state index contributed by atoms with van der Waals surface area (Å²) >= 11 is 18.6. The lowest BCUT2D eigenvalue weighted by Gasteiger charge is -2.16. The predicted octanol–water partition coefficient (Wildman–Crippen LogP) is 5.53. The fourth-order valence-electron chi connectivity index (χ4n) is 2.69. The first kappa shape index (κ1) is 30.4. The molecular weight excluding hydrogens is 506 g/mol. The van der Waals surface area contributed by atoms with Crippen LogP contribution in [0.4, 0.5) is 0 Å². The Morgan fingerprint density at radius 3 is 2.32 bits per heavy atom. The molecule has 2 aromatic rings. The van der Waals surface area contributed by atoms with Gasteiger partial charge in [-0.2, -0.15) is 0 Å². The van der Waals surface area contributed by atoms with Crippen molar-refractivity contribution in [1.29, 1.82) is 0 Å². The van der Waals surface area contributed by atoms with Gasteiger partial charge in [-0.05, 0) is 56.3 Å². The second-order valence-electron chi connectivity index (χ2n) is 6.37. The van der Waals surface area contributed by atoms with Crippen LogP contribution in [-0.4, -0.2) is 38.0 Å². The number of aliphatic hydroxyl groups excluding tert-OH is 1. The van der Waals surface area contributed by atoms with Crippen LogP contribution in [-0.2, 0) is 13.2 Å². The van der Waals surface area contributed by atoms with Crippen molar-refractivity contribution in [3.63, 3.8) is 0 Å². The van der Waals surface area contributed by atoms with Crippen LogP contribution in [0, 0.1) is 0 Å². The summed E-state index contributed by atoms with van der Waals surface area (Å²) in [5.41, 5.74) is 1.83. The molecule has 5 nitrogen and oxygen atoms in total. The number of benzene rings is 2. The van der Waals surface area contributed by atoms with Gasteiger partial charge in [-0.25, -0.2) is 0 Å². The Kier molecular flexibility index (Phi) is 16.6. The second kappa shape index (κ2) is 16.9. The van der Waals surface area contributed by atoms with Crippen LogP contribution in [0.3, 0.4) is 0 Å². The lowest BCUT2D eigenvalue weighted by atomic mass is 10.2. The summed E-state index contributed by atoms with van der Waals surface area (Å²) < 4.78 is 11.7. The van der Waals surface area contributed by atoms with E-state index in [-0.39, 0.29) is 38.0 Å². The van der Waals surface area contributed by atoms with Gasteiger partial charge in [0.15, 0.2) is 11.5 Å². The quantitative estimate of drug-likeness (QED) is 0.295. The van der Waals surface area contributed by atoms with E-state index in [1.807, 2.05) is 25.1 Å². The Labute approximate surface area is 211 Å². The highest BCUT2D eigenvalue weighted by atomic mass is 35.5. The van der Waals surface area contributed by atoms with Crippen LogP contribution in [0.5, 0.6) is 11.5 Å². The Hall–Kier alpha value is -0.630. The second-order valence-corrected chi connectivity index (χ2v) is 7.62. The molecule has 0 atom stereocenters. The SMILES string of the molecule is CCOc1cc(CNCCCNCCO)cc(Cl)c1OCc1ccc(Cl)cc1Cl.Cl.Cl. The predicted molar refractivity (Wildman–Crippen MR) is 134 cm³/mol. The van der Waals surface area contributed by atoms with Crippen molar-refractivity contribution in [2.24, 2.45) is 0 Å². The van der Waals surface area contributed by atoms with Gasteiger partial charge in [0.05, 0.1) is 18.2 Å². The first-order valence-electron chi connectivity index (χ1n) is 9.59. The molecule has 176 valence electrons. The van der Waals surface area contributed by atoms with Crippen molar-refractivity contribution in [1.82, 2.24) is 10.6 Å². The third-order valence-corrected chi connectivity index (χ3v) is 4.95. The Bertz CT molecular complexity index is 781. The molecule has 0 unspecified atom stereocenters. The maximum Gasteiger partial charge on any atom is 0.180 e. The van der Waals surface area contributed by atoms with E-state index in [0.717, 1.165) is 30.6 Å². The minimum Gasteiger partial charge on any atom is -0.490 e. The lowest BCUT2D eigenvalue weighted by Crippen LogP contribution is -2.23. The van der Waals surface area contributed by atoms with E-state index in [9.17, 15) is 0 Å². The summed E-state index contributed by atoms with van der Waals surface area (Å²) in [4.78, 5) is 0. The summed E-state index contributed by atoms with van der Waals surface area (Å²) in [5, 5.41) is 16.9. The third kappa shape index (κ3) is 10.7. The van der Waals surface area contributed by atoms with E-state index in [1.165, 1.54) is 0 Å². The van der Waals surface area contributed by atoms with Crippen LogP contribution in [0.25, 0.3) is 0 Å². The lowest BCUT2D eigenvalue weighted by molar-refractivity contribution is 0.269.